The van der Waals surface area contributed by atoms with E-state index in [-0.39, 0.29) is 0 Å². The topological polar surface area (TPSA) is 24.1 Å². The van der Waals surface area contributed by atoms with Crippen molar-refractivity contribution in [1.82, 2.24) is 10.6 Å². The maximum absolute atomic E-state index is 3.53. The second kappa shape index (κ2) is 16.2. The predicted octanol–water partition coefficient (Wildman–Crippen LogP) is 4.46. The summed E-state index contributed by atoms with van der Waals surface area (Å²) >= 11 is 0. The molecule has 3 radical (unpaired) electrons. The van der Waals surface area contributed by atoms with E-state index in [0.29, 0.717) is 0 Å². The molecule has 2 N–H and O–H groups in total. The van der Waals surface area contributed by atoms with E-state index in [2.05, 4.69) is 51.2 Å². The van der Waals surface area contributed by atoms with Gasteiger partial charge in [-0.2, -0.15) is 0 Å². The Morgan fingerprint density at radius 3 is 1.83 bits per heavy atom. The van der Waals surface area contributed by atoms with Crippen LogP contribution >= 0.6 is 0 Å². The molecule has 0 amide bonds. The summed E-state index contributed by atoms with van der Waals surface area (Å²) in [5, 5.41) is 7.01. The minimum Gasteiger partial charge on any atom is -0.315 e. The highest BCUT2D eigenvalue weighted by molar-refractivity contribution is 6.08. The van der Waals surface area contributed by atoms with Crippen LogP contribution in [-0.4, -0.2) is 29.9 Å². The standard InChI is InChI=1S/C20H35N2Si/c23-18-12-7-5-3-1-2-4-6-11-15-21-16-17-22-19-20-13-9-8-10-14-20/h8-10,13-14,21-22H,1-7,11-12,15-19H2. The molecule has 0 heterocycles. The normalized spacial score (nSPS) is 11.0. The highest BCUT2D eigenvalue weighted by Crippen LogP contribution is 2.09. The van der Waals surface area contributed by atoms with E-state index in [4.69, 9.17) is 0 Å². The monoisotopic (exact) mass is 331 g/mol. The van der Waals surface area contributed by atoms with E-state index in [9.17, 15) is 0 Å². The van der Waals surface area contributed by atoms with Crippen LogP contribution in [0.4, 0.5) is 0 Å². The van der Waals surface area contributed by atoms with Crippen molar-refractivity contribution in [2.75, 3.05) is 19.6 Å². The Morgan fingerprint density at radius 1 is 0.609 bits per heavy atom. The van der Waals surface area contributed by atoms with E-state index in [1.165, 1.54) is 63.4 Å². The van der Waals surface area contributed by atoms with Crippen molar-refractivity contribution in [3.63, 3.8) is 0 Å². The van der Waals surface area contributed by atoms with Gasteiger partial charge in [0.2, 0.25) is 0 Å². The number of nitrogens with one attached hydrogen (secondary N) is 2. The Morgan fingerprint density at radius 2 is 1.17 bits per heavy atom. The molecule has 129 valence electrons. The lowest BCUT2D eigenvalue weighted by atomic mass is 10.1. The molecule has 3 heteroatoms. The van der Waals surface area contributed by atoms with E-state index < -0.39 is 0 Å². The Hall–Kier alpha value is -0.643. The van der Waals surface area contributed by atoms with Crippen LogP contribution in [0.5, 0.6) is 0 Å². The molecule has 1 rings (SSSR count). The number of rotatable bonds is 16. The maximum Gasteiger partial charge on any atom is 0.0222 e. The lowest BCUT2D eigenvalue weighted by Gasteiger charge is -2.07. The molecule has 0 aliphatic carbocycles. The number of unbranched alkanes of at least 4 members (excludes halogenated alkanes) is 8. The second-order valence-electron chi connectivity index (χ2n) is 6.34. The molecule has 0 fully saturated rings. The van der Waals surface area contributed by atoms with Crippen LogP contribution in [0.15, 0.2) is 30.3 Å². The van der Waals surface area contributed by atoms with Gasteiger partial charge in [0.05, 0.1) is 0 Å². The summed E-state index contributed by atoms with van der Waals surface area (Å²) in [6.45, 7) is 4.25. The van der Waals surface area contributed by atoms with Crippen molar-refractivity contribution >= 4 is 10.2 Å². The number of hydrogen-bond acceptors (Lipinski definition) is 2. The van der Waals surface area contributed by atoms with Crippen molar-refractivity contribution in [2.45, 2.75) is 70.4 Å². The Balaban J connectivity index is 1.72. The molecule has 0 aromatic heterocycles. The summed E-state index contributed by atoms with van der Waals surface area (Å²) in [7, 11) is 3.53. The van der Waals surface area contributed by atoms with E-state index in [1.54, 1.807) is 0 Å². The van der Waals surface area contributed by atoms with Gasteiger partial charge in [0.15, 0.2) is 0 Å². The SMILES string of the molecule is [Si]CCCCCCCCCCCNCCNCc1ccccc1. The fourth-order valence-electron chi connectivity index (χ4n) is 2.74. The van der Waals surface area contributed by atoms with Crippen LogP contribution in [0.2, 0.25) is 6.04 Å². The van der Waals surface area contributed by atoms with Crippen LogP contribution in [0.1, 0.15) is 63.4 Å². The highest BCUT2D eigenvalue weighted by Gasteiger charge is 1.93. The van der Waals surface area contributed by atoms with Gasteiger partial charge in [0, 0.05) is 29.9 Å². The van der Waals surface area contributed by atoms with Crippen molar-refractivity contribution < 1.29 is 0 Å². The van der Waals surface area contributed by atoms with Gasteiger partial charge < -0.3 is 10.6 Å². The molecular formula is C20H35N2Si. The minimum atomic E-state index is 0.970. The Bertz CT molecular complexity index is 343. The maximum atomic E-state index is 3.53. The van der Waals surface area contributed by atoms with Gasteiger partial charge in [-0.1, -0.05) is 87.7 Å². The lowest BCUT2D eigenvalue weighted by molar-refractivity contribution is 0.542. The smallest absolute Gasteiger partial charge is 0.0222 e. The summed E-state index contributed by atoms with van der Waals surface area (Å²) in [5.41, 5.74) is 1.36. The van der Waals surface area contributed by atoms with Crippen molar-refractivity contribution in [2.24, 2.45) is 0 Å². The summed E-state index contributed by atoms with van der Waals surface area (Å²) in [4.78, 5) is 0. The fourth-order valence-corrected chi connectivity index (χ4v) is 2.99. The largest absolute Gasteiger partial charge is 0.315 e. The highest BCUT2D eigenvalue weighted by atomic mass is 28.1. The number of hydrogen-bond donors (Lipinski definition) is 2. The molecule has 1 aromatic rings. The molecule has 0 unspecified atom stereocenters. The van der Waals surface area contributed by atoms with E-state index >= 15 is 0 Å². The summed E-state index contributed by atoms with van der Waals surface area (Å²) in [6, 6.07) is 11.8. The molecule has 0 atom stereocenters. The van der Waals surface area contributed by atoms with Gasteiger partial charge in [-0.25, -0.2) is 0 Å². The fraction of sp³-hybridized carbons (Fsp3) is 0.700. The molecule has 0 aliphatic rings. The quantitative estimate of drug-likeness (QED) is 0.345. The first-order valence-corrected chi connectivity index (χ1v) is 10.2. The predicted molar refractivity (Wildman–Crippen MR) is 103 cm³/mol. The van der Waals surface area contributed by atoms with Gasteiger partial charge >= 0.3 is 0 Å². The Labute approximate surface area is 147 Å². The second-order valence-corrected chi connectivity index (χ2v) is 6.84. The average Bonchev–Trinajstić information content (AvgIpc) is 2.59. The van der Waals surface area contributed by atoms with Crippen LogP contribution in [0.3, 0.4) is 0 Å². The minimum absolute atomic E-state index is 0.970. The molecule has 1 aromatic carbocycles. The lowest BCUT2D eigenvalue weighted by Crippen LogP contribution is -2.27. The molecule has 2 nitrogen and oxygen atoms in total. The Kier molecular flexibility index (Phi) is 14.4. The van der Waals surface area contributed by atoms with Gasteiger partial charge in [-0.05, 0) is 18.5 Å². The zero-order chi connectivity index (χ0) is 16.4. The summed E-state index contributed by atoms with van der Waals surface area (Å²) in [6.07, 6.45) is 12.5. The summed E-state index contributed by atoms with van der Waals surface area (Å²) < 4.78 is 0. The van der Waals surface area contributed by atoms with Gasteiger partial charge in [-0.15, -0.1) is 0 Å². The van der Waals surface area contributed by atoms with Crippen LogP contribution < -0.4 is 10.6 Å². The zero-order valence-electron chi connectivity index (χ0n) is 14.8. The molecule has 0 saturated carbocycles. The first-order chi connectivity index (χ1) is 11.4. The van der Waals surface area contributed by atoms with Crippen molar-refractivity contribution in [1.29, 1.82) is 0 Å². The molecular weight excluding hydrogens is 296 g/mol. The van der Waals surface area contributed by atoms with Crippen LogP contribution in [0.25, 0.3) is 0 Å². The first-order valence-electron chi connectivity index (χ1n) is 9.53. The molecule has 0 spiro atoms. The van der Waals surface area contributed by atoms with E-state index in [0.717, 1.165) is 32.2 Å². The first kappa shape index (κ1) is 20.4. The molecule has 23 heavy (non-hydrogen) atoms. The third kappa shape index (κ3) is 13.5. The molecule has 0 aliphatic heterocycles. The summed E-state index contributed by atoms with van der Waals surface area (Å²) in [5.74, 6) is 0. The molecule has 0 saturated heterocycles. The number of benzene rings is 1. The third-order valence-corrected chi connectivity index (χ3v) is 4.53. The van der Waals surface area contributed by atoms with E-state index in [1.807, 2.05) is 0 Å². The van der Waals surface area contributed by atoms with Crippen molar-refractivity contribution in [3.8, 4) is 0 Å². The van der Waals surface area contributed by atoms with Crippen LogP contribution in [0, 0.1) is 0 Å². The van der Waals surface area contributed by atoms with Gasteiger partial charge in [0.25, 0.3) is 0 Å². The van der Waals surface area contributed by atoms with Gasteiger partial charge in [0.1, 0.15) is 0 Å². The van der Waals surface area contributed by atoms with Crippen LogP contribution in [-0.2, 0) is 6.54 Å². The zero-order valence-corrected chi connectivity index (χ0v) is 15.8. The molecule has 0 bridgehead atoms. The van der Waals surface area contributed by atoms with Crippen molar-refractivity contribution in [3.05, 3.63) is 35.9 Å². The average molecular weight is 332 g/mol. The van der Waals surface area contributed by atoms with Gasteiger partial charge in [-0.3, -0.25) is 0 Å². The third-order valence-electron chi connectivity index (χ3n) is 4.18.